The molecule has 1 rings (SSSR count). The Morgan fingerprint density at radius 1 is 0.857 bits per heavy atom. The molecule has 1 heterocycles. The number of hydrogen-bond acceptors (Lipinski definition) is 3. The molecule has 6 heteroatoms. The van der Waals surface area contributed by atoms with Crippen LogP contribution in [-0.2, 0) is 13.0 Å². The largest absolute Gasteiger partial charge is 0.672 e. The Balaban J connectivity index is 3.06. The molecule has 0 amide bonds. The summed E-state index contributed by atoms with van der Waals surface area (Å²) in [6.45, 7) is 8.67. The van der Waals surface area contributed by atoms with E-state index in [2.05, 4.69) is 27.7 Å². The van der Waals surface area contributed by atoms with E-state index in [1.54, 1.807) is 0 Å². The Labute approximate surface area is 89.2 Å². The van der Waals surface area contributed by atoms with Gasteiger partial charge in [0.2, 0.25) is 0 Å². The second-order valence-corrected chi connectivity index (χ2v) is 18.0. The van der Waals surface area contributed by atoms with E-state index in [1.165, 1.54) is 0 Å². The molecule has 0 aliphatic carbocycles. The van der Waals surface area contributed by atoms with Gasteiger partial charge in [-0.2, -0.15) is 8.43 Å². The van der Waals surface area contributed by atoms with E-state index in [9.17, 15) is 4.57 Å². The lowest BCUT2D eigenvalue weighted by molar-refractivity contribution is 0.443. The Morgan fingerprint density at radius 3 is 1.36 bits per heavy atom. The number of hydrogen-bond donors (Lipinski definition) is 0. The van der Waals surface area contributed by atoms with Crippen LogP contribution in [0.15, 0.2) is 0 Å². The highest BCUT2D eigenvalue weighted by molar-refractivity contribution is 7.54. The van der Waals surface area contributed by atoms with Crippen molar-refractivity contribution in [3.8, 4) is 0 Å². The zero-order valence-corrected chi connectivity index (χ0v) is 12.4. The molecule has 3 nitrogen and oxygen atoms in total. The predicted octanol–water partition coefficient (Wildman–Crippen LogP) is 3.74. The maximum atomic E-state index is 11.5. The molecular formula is C8H20O3PSi2+. The Hall–Kier alpha value is 0.454. The van der Waals surface area contributed by atoms with Crippen LogP contribution >= 0.6 is 8.25 Å². The first kappa shape index (κ1) is 12.5. The lowest BCUT2D eigenvalue weighted by Crippen LogP contribution is -2.59. The van der Waals surface area contributed by atoms with Gasteiger partial charge in [0.05, 0.1) is 0 Å². The SMILES string of the molecule is CC[Si]1(CC)O[P+](=O)O[Si]1(CC)CC. The highest BCUT2D eigenvalue weighted by Gasteiger charge is 2.70. The normalized spacial score (nSPS) is 24.1. The van der Waals surface area contributed by atoms with Gasteiger partial charge in [-0.25, -0.2) is 0 Å². The van der Waals surface area contributed by atoms with E-state index in [-0.39, 0.29) is 0 Å². The summed E-state index contributed by atoms with van der Waals surface area (Å²) in [7, 11) is -5.37. The minimum atomic E-state index is -1.79. The van der Waals surface area contributed by atoms with Crippen LogP contribution in [0.5, 0.6) is 0 Å². The van der Waals surface area contributed by atoms with Crippen molar-refractivity contribution < 1.29 is 13.0 Å². The van der Waals surface area contributed by atoms with Gasteiger partial charge in [-0.05, 0) is 24.2 Å². The average molecular weight is 251 g/mol. The van der Waals surface area contributed by atoms with Crippen LogP contribution in [0.4, 0.5) is 0 Å². The minimum absolute atomic E-state index is 1.05. The minimum Gasteiger partial charge on any atom is -0.176 e. The molecule has 0 N–H and O–H groups in total. The van der Waals surface area contributed by atoms with Crippen LogP contribution in [0.2, 0.25) is 24.2 Å². The highest BCUT2D eigenvalue weighted by Crippen LogP contribution is 2.52. The van der Waals surface area contributed by atoms with Crippen molar-refractivity contribution in [2.75, 3.05) is 0 Å². The van der Waals surface area contributed by atoms with E-state index < -0.39 is 23.9 Å². The maximum absolute atomic E-state index is 11.5. The average Bonchev–Trinajstić information content (AvgIpc) is 2.51. The number of rotatable bonds is 4. The van der Waals surface area contributed by atoms with Gasteiger partial charge in [0.25, 0.3) is 15.7 Å². The monoisotopic (exact) mass is 251 g/mol. The Morgan fingerprint density at radius 2 is 1.14 bits per heavy atom. The molecule has 0 aromatic rings. The first-order chi connectivity index (χ1) is 6.59. The van der Waals surface area contributed by atoms with Crippen molar-refractivity contribution in [1.29, 1.82) is 0 Å². The second kappa shape index (κ2) is 4.53. The van der Waals surface area contributed by atoms with Gasteiger partial charge in [0.15, 0.2) is 0 Å². The van der Waals surface area contributed by atoms with Crippen molar-refractivity contribution in [3.05, 3.63) is 0 Å². The van der Waals surface area contributed by atoms with Crippen molar-refractivity contribution in [3.63, 3.8) is 0 Å². The zero-order valence-electron chi connectivity index (χ0n) is 9.50. The Bertz CT molecular complexity index is 205. The predicted molar refractivity (Wildman–Crippen MR) is 63.2 cm³/mol. The summed E-state index contributed by atoms with van der Waals surface area (Å²) in [6, 6.07) is 4.22. The van der Waals surface area contributed by atoms with Crippen LogP contribution in [-0.4, -0.2) is 15.7 Å². The molecule has 1 aliphatic rings. The molecule has 0 unspecified atom stereocenters. The topological polar surface area (TPSA) is 35.5 Å². The van der Waals surface area contributed by atoms with E-state index in [4.69, 9.17) is 8.43 Å². The maximum Gasteiger partial charge on any atom is 0.672 e. The van der Waals surface area contributed by atoms with Crippen molar-refractivity contribution in [2.24, 2.45) is 0 Å². The molecule has 1 aliphatic heterocycles. The van der Waals surface area contributed by atoms with Gasteiger partial charge >= 0.3 is 8.25 Å². The molecule has 0 aromatic carbocycles. The molecule has 1 fully saturated rings. The summed E-state index contributed by atoms with van der Waals surface area (Å²) in [6.07, 6.45) is 0. The molecule has 0 saturated carbocycles. The van der Waals surface area contributed by atoms with E-state index in [0.717, 1.165) is 24.2 Å². The first-order valence-electron chi connectivity index (χ1n) is 5.45. The first-order valence-corrected chi connectivity index (χ1v) is 12.2. The summed E-state index contributed by atoms with van der Waals surface area (Å²) < 4.78 is 22.9. The van der Waals surface area contributed by atoms with E-state index in [0.29, 0.717) is 0 Å². The Kier molecular flexibility index (Phi) is 4.06. The fourth-order valence-electron chi connectivity index (χ4n) is 2.52. The third-order valence-corrected chi connectivity index (χ3v) is 24.7. The lowest BCUT2D eigenvalue weighted by atomic mass is 10.9. The van der Waals surface area contributed by atoms with Gasteiger partial charge in [-0.1, -0.05) is 27.7 Å². The molecule has 0 atom stereocenters. The van der Waals surface area contributed by atoms with Gasteiger partial charge in [0.1, 0.15) is 0 Å². The third-order valence-electron chi connectivity index (χ3n) is 3.61. The van der Waals surface area contributed by atoms with Crippen molar-refractivity contribution >= 4 is 23.9 Å². The standard InChI is InChI=1S/C8H20O3PSi2/c1-5-13(6-2)10-12(9)11-14(13,7-3)8-4/h5-8H2,1-4H3/q+1. The van der Waals surface area contributed by atoms with Crippen LogP contribution < -0.4 is 0 Å². The molecule has 0 bridgehead atoms. The fraction of sp³-hybridized carbons (Fsp3) is 1.00. The zero-order chi connectivity index (χ0) is 10.8. The lowest BCUT2D eigenvalue weighted by Gasteiger charge is -2.29. The van der Waals surface area contributed by atoms with Gasteiger partial charge < -0.3 is 0 Å². The van der Waals surface area contributed by atoms with Crippen LogP contribution in [0, 0.1) is 0 Å². The van der Waals surface area contributed by atoms with Crippen LogP contribution in [0.25, 0.3) is 0 Å². The van der Waals surface area contributed by atoms with Gasteiger partial charge in [-0.3, -0.25) is 0 Å². The highest BCUT2D eigenvalue weighted by atomic mass is 31.1. The second-order valence-electron chi connectivity index (χ2n) is 3.81. The van der Waals surface area contributed by atoms with Crippen LogP contribution in [0.3, 0.4) is 0 Å². The molecule has 1 saturated heterocycles. The molecular weight excluding hydrogens is 231 g/mol. The summed E-state index contributed by atoms with van der Waals surface area (Å²) in [4.78, 5) is 0. The smallest absolute Gasteiger partial charge is 0.176 e. The third kappa shape index (κ3) is 1.65. The van der Waals surface area contributed by atoms with Crippen molar-refractivity contribution in [2.45, 2.75) is 51.9 Å². The van der Waals surface area contributed by atoms with Gasteiger partial charge in [-0.15, -0.1) is 0 Å². The molecule has 14 heavy (non-hydrogen) atoms. The van der Waals surface area contributed by atoms with Crippen LogP contribution in [0.1, 0.15) is 27.7 Å². The van der Waals surface area contributed by atoms with Gasteiger partial charge in [0, 0.05) is 4.57 Å². The molecule has 0 aromatic heterocycles. The quantitative estimate of drug-likeness (QED) is 0.564. The van der Waals surface area contributed by atoms with Crippen molar-refractivity contribution in [1.82, 2.24) is 0 Å². The summed E-state index contributed by atoms with van der Waals surface area (Å²) in [5.41, 5.74) is 0. The fourth-order valence-corrected chi connectivity index (χ4v) is 24.3. The summed E-state index contributed by atoms with van der Waals surface area (Å²) >= 11 is 0. The molecule has 0 radical (unpaired) electrons. The van der Waals surface area contributed by atoms with E-state index >= 15 is 0 Å². The summed E-state index contributed by atoms with van der Waals surface area (Å²) in [5, 5.41) is 0. The molecule has 82 valence electrons. The summed E-state index contributed by atoms with van der Waals surface area (Å²) in [5.74, 6) is 0. The van der Waals surface area contributed by atoms with E-state index in [1.807, 2.05) is 0 Å². The molecule has 0 spiro atoms.